The van der Waals surface area contributed by atoms with E-state index in [1.807, 2.05) is 13.8 Å². The number of nitrogens with zero attached hydrogens (tertiary/aromatic N) is 1. The van der Waals surface area contributed by atoms with Crippen molar-refractivity contribution in [2.75, 3.05) is 0 Å². The summed E-state index contributed by atoms with van der Waals surface area (Å²) in [5, 5.41) is 0. The molecule has 1 heterocycles. The number of carbonyl (C=O) groups is 1. The third kappa shape index (κ3) is 2.51. The largest absolute Gasteiger partial charge is 0.484 e. The molecule has 4 heteroatoms. The Morgan fingerprint density at radius 3 is 2.81 bits per heavy atom. The van der Waals surface area contributed by atoms with Crippen LogP contribution in [-0.4, -0.2) is 23.5 Å². The van der Waals surface area contributed by atoms with Gasteiger partial charge in [-0.3, -0.25) is 4.79 Å². The van der Waals surface area contributed by atoms with Gasteiger partial charge in [-0.25, -0.2) is 4.98 Å². The second kappa shape index (κ2) is 4.51. The van der Waals surface area contributed by atoms with Crippen molar-refractivity contribution in [2.24, 2.45) is 0 Å². The van der Waals surface area contributed by atoms with Gasteiger partial charge >= 0.3 is 0 Å². The number of hydrogen-bond donors (Lipinski definition) is 0. The zero-order valence-electron chi connectivity index (χ0n) is 9.47. The smallest absolute Gasteiger partial charge is 0.258 e. The summed E-state index contributed by atoms with van der Waals surface area (Å²) < 4.78 is 11.2. The van der Waals surface area contributed by atoms with Crippen LogP contribution >= 0.6 is 0 Å². The fourth-order valence-corrected chi connectivity index (χ4v) is 1.31. The quantitative estimate of drug-likeness (QED) is 0.715. The fourth-order valence-electron chi connectivity index (χ4n) is 1.31. The third-order valence-corrected chi connectivity index (χ3v) is 2.19. The Hall–Kier alpha value is -1.58. The Morgan fingerprint density at radius 2 is 2.25 bits per heavy atom. The molecule has 1 aromatic rings. The maximum atomic E-state index is 10.9. The standard InChI is InChI=1S/C12H15NO3/c1-8(2)15-12-11(16-10-3-4-10)9(7-14)5-6-13-12/h5-8,10H,3-4H2,1-2H3. The number of aromatic nitrogens is 1. The number of pyridine rings is 1. The molecule has 4 nitrogen and oxygen atoms in total. The number of hydrogen-bond acceptors (Lipinski definition) is 4. The summed E-state index contributed by atoms with van der Waals surface area (Å²) >= 11 is 0. The summed E-state index contributed by atoms with van der Waals surface area (Å²) in [7, 11) is 0. The van der Waals surface area contributed by atoms with Gasteiger partial charge in [-0.1, -0.05) is 0 Å². The molecule has 0 amide bonds. The lowest BCUT2D eigenvalue weighted by Gasteiger charge is -2.14. The van der Waals surface area contributed by atoms with E-state index in [0.29, 0.717) is 17.2 Å². The zero-order valence-corrected chi connectivity index (χ0v) is 9.47. The summed E-state index contributed by atoms with van der Waals surface area (Å²) in [6.07, 6.45) is 4.63. The molecule has 0 aliphatic heterocycles. The van der Waals surface area contributed by atoms with Crippen LogP contribution in [0.25, 0.3) is 0 Å². The van der Waals surface area contributed by atoms with Crippen LogP contribution in [0.2, 0.25) is 0 Å². The van der Waals surface area contributed by atoms with Gasteiger partial charge in [0.25, 0.3) is 5.88 Å². The SMILES string of the molecule is CC(C)Oc1nccc(C=O)c1OC1CC1. The highest BCUT2D eigenvalue weighted by Gasteiger charge is 2.27. The van der Waals surface area contributed by atoms with Crippen molar-refractivity contribution in [1.29, 1.82) is 0 Å². The van der Waals surface area contributed by atoms with E-state index in [1.165, 1.54) is 0 Å². The average Bonchev–Trinajstić information content (AvgIpc) is 3.03. The third-order valence-electron chi connectivity index (χ3n) is 2.19. The van der Waals surface area contributed by atoms with Crippen LogP contribution in [-0.2, 0) is 0 Å². The molecule has 1 fully saturated rings. The first kappa shape index (κ1) is 10.9. The first-order valence-corrected chi connectivity index (χ1v) is 5.48. The van der Waals surface area contributed by atoms with Crippen LogP contribution in [0.3, 0.4) is 0 Å². The second-order valence-electron chi connectivity index (χ2n) is 4.14. The van der Waals surface area contributed by atoms with Gasteiger partial charge in [-0.2, -0.15) is 0 Å². The highest BCUT2D eigenvalue weighted by Crippen LogP contribution is 2.34. The van der Waals surface area contributed by atoms with Crippen LogP contribution in [0.4, 0.5) is 0 Å². The second-order valence-corrected chi connectivity index (χ2v) is 4.14. The van der Waals surface area contributed by atoms with Gasteiger partial charge in [0.15, 0.2) is 12.0 Å². The van der Waals surface area contributed by atoms with E-state index in [-0.39, 0.29) is 12.2 Å². The fraction of sp³-hybridized carbons (Fsp3) is 0.500. The lowest BCUT2D eigenvalue weighted by Crippen LogP contribution is -2.10. The zero-order chi connectivity index (χ0) is 11.5. The van der Waals surface area contributed by atoms with Crippen molar-refractivity contribution in [3.8, 4) is 11.6 Å². The molecule has 1 aliphatic carbocycles. The van der Waals surface area contributed by atoms with E-state index in [4.69, 9.17) is 9.47 Å². The highest BCUT2D eigenvalue weighted by molar-refractivity contribution is 5.80. The normalized spacial score (nSPS) is 14.9. The average molecular weight is 221 g/mol. The summed E-state index contributed by atoms with van der Waals surface area (Å²) in [5.74, 6) is 0.889. The van der Waals surface area contributed by atoms with Gasteiger partial charge in [-0.15, -0.1) is 0 Å². The lowest BCUT2D eigenvalue weighted by atomic mass is 10.2. The molecule has 0 spiro atoms. The predicted octanol–water partition coefficient (Wildman–Crippen LogP) is 2.22. The van der Waals surface area contributed by atoms with Crippen molar-refractivity contribution in [1.82, 2.24) is 4.98 Å². The number of aldehydes is 1. The van der Waals surface area contributed by atoms with Crippen molar-refractivity contribution in [2.45, 2.75) is 38.9 Å². The van der Waals surface area contributed by atoms with E-state index >= 15 is 0 Å². The van der Waals surface area contributed by atoms with Crippen molar-refractivity contribution in [3.05, 3.63) is 17.8 Å². The molecule has 0 bridgehead atoms. The molecule has 0 unspecified atom stereocenters. The van der Waals surface area contributed by atoms with Crippen LogP contribution in [0, 0.1) is 0 Å². The summed E-state index contributed by atoms with van der Waals surface area (Å²) in [6.45, 7) is 3.83. The Bertz CT molecular complexity index is 386. The Kier molecular flexibility index (Phi) is 3.08. The van der Waals surface area contributed by atoms with Gasteiger partial charge in [0.1, 0.15) is 0 Å². The molecule has 1 saturated carbocycles. The van der Waals surface area contributed by atoms with Gasteiger partial charge in [-0.05, 0) is 32.8 Å². The first-order chi connectivity index (χ1) is 7.70. The highest BCUT2D eigenvalue weighted by atomic mass is 16.5. The van der Waals surface area contributed by atoms with Crippen LogP contribution < -0.4 is 9.47 Å². The summed E-state index contributed by atoms with van der Waals surface area (Å²) in [5.41, 5.74) is 0.498. The number of carbonyl (C=O) groups excluding carboxylic acids is 1. The maximum Gasteiger partial charge on any atom is 0.258 e. The minimum absolute atomic E-state index is 0.0101. The van der Waals surface area contributed by atoms with Gasteiger partial charge in [0, 0.05) is 6.20 Å². The topological polar surface area (TPSA) is 48.4 Å². The predicted molar refractivity (Wildman–Crippen MR) is 59.0 cm³/mol. The minimum Gasteiger partial charge on any atom is -0.484 e. The number of ether oxygens (including phenoxy) is 2. The van der Waals surface area contributed by atoms with Crippen molar-refractivity contribution < 1.29 is 14.3 Å². The molecular weight excluding hydrogens is 206 g/mol. The van der Waals surface area contributed by atoms with Crippen LogP contribution in [0.15, 0.2) is 12.3 Å². The monoisotopic (exact) mass is 221 g/mol. The minimum atomic E-state index is 0.0101. The van der Waals surface area contributed by atoms with Crippen LogP contribution in [0.5, 0.6) is 11.6 Å². The van der Waals surface area contributed by atoms with E-state index in [9.17, 15) is 4.79 Å². The molecule has 86 valence electrons. The van der Waals surface area contributed by atoms with E-state index < -0.39 is 0 Å². The van der Waals surface area contributed by atoms with Crippen LogP contribution in [0.1, 0.15) is 37.0 Å². The molecule has 1 aromatic heterocycles. The van der Waals surface area contributed by atoms with Gasteiger partial charge < -0.3 is 9.47 Å². The van der Waals surface area contributed by atoms with Crippen molar-refractivity contribution >= 4 is 6.29 Å². The Labute approximate surface area is 94.6 Å². The van der Waals surface area contributed by atoms with Gasteiger partial charge in [0.2, 0.25) is 0 Å². The van der Waals surface area contributed by atoms with Gasteiger partial charge in [0.05, 0.1) is 17.8 Å². The molecule has 0 N–H and O–H groups in total. The van der Waals surface area contributed by atoms with E-state index in [1.54, 1.807) is 12.3 Å². The molecule has 1 aliphatic rings. The Morgan fingerprint density at radius 1 is 1.50 bits per heavy atom. The molecule has 0 atom stereocenters. The maximum absolute atomic E-state index is 10.9. The molecule has 0 saturated heterocycles. The molecule has 0 aromatic carbocycles. The summed E-state index contributed by atoms with van der Waals surface area (Å²) in [4.78, 5) is 15.0. The lowest BCUT2D eigenvalue weighted by molar-refractivity contribution is 0.111. The molecule has 2 rings (SSSR count). The summed E-state index contributed by atoms with van der Waals surface area (Å²) in [6, 6.07) is 1.64. The molecule has 16 heavy (non-hydrogen) atoms. The first-order valence-electron chi connectivity index (χ1n) is 5.48. The van der Waals surface area contributed by atoms with Crippen molar-refractivity contribution in [3.63, 3.8) is 0 Å². The number of rotatable bonds is 5. The van der Waals surface area contributed by atoms with E-state index in [0.717, 1.165) is 19.1 Å². The molecular formula is C12H15NO3. The Balaban J connectivity index is 2.28. The van der Waals surface area contributed by atoms with E-state index in [2.05, 4.69) is 4.98 Å². The molecule has 0 radical (unpaired) electrons.